The van der Waals surface area contributed by atoms with Crippen molar-refractivity contribution in [1.29, 1.82) is 0 Å². The molecule has 0 saturated carbocycles. The number of carbonyl (C=O) groups excluding carboxylic acids is 2. The molecule has 0 spiro atoms. The average Bonchev–Trinajstić information content (AvgIpc) is 2.82. The molecule has 0 radical (unpaired) electrons. The lowest BCUT2D eigenvalue weighted by Gasteiger charge is -2.28. The molecule has 0 aromatic carbocycles. The fourth-order valence-corrected chi connectivity index (χ4v) is 4.21. The van der Waals surface area contributed by atoms with Crippen LogP contribution in [-0.2, 0) is 14.3 Å². The van der Waals surface area contributed by atoms with Crippen molar-refractivity contribution in [3.8, 4) is 0 Å². The van der Waals surface area contributed by atoms with Gasteiger partial charge in [-0.05, 0) is 31.1 Å². The van der Waals surface area contributed by atoms with Crippen LogP contribution in [0.2, 0.25) is 0 Å². The van der Waals surface area contributed by atoms with Gasteiger partial charge >= 0.3 is 12.1 Å². The smallest absolute Gasteiger partial charge is 0.410 e. The Kier molecular flexibility index (Phi) is 21.4. The molecule has 0 rings (SSSR count). The molecular weight excluding hydrogens is 426 g/mol. The van der Waals surface area contributed by atoms with Gasteiger partial charge in [-0.3, -0.25) is 4.90 Å². The molecular formula is C29H57NO4. The number of hydrogen-bond donors (Lipinski definition) is 0. The second-order valence-electron chi connectivity index (χ2n) is 10.5. The van der Waals surface area contributed by atoms with Crippen LogP contribution < -0.4 is 0 Å². The van der Waals surface area contributed by atoms with Crippen LogP contribution in [0.25, 0.3) is 0 Å². The Balaban J connectivity index is 4.24. The molecule has 2 unspecified atom stereocenters. The Morgan fingerprint density at radius 3 is 1.76 bits per heavy atom. The first-order valence-electron chi connectivity index (χ1n) is 14.4. The first-order chi connectivity index (χ1) is 16.4. The molecule has 0 aromatic rings. The van der Waals surface area contributed by atoms with Gasteiger partial charge in [-0.1, -0.05) is 118 Å². The summed E-state index contributed by atoms with van der Waals surface area (Å²) < 4.78 is 11.1. The largest absolute Gasteiger partial charge is 0.464 e. The van der Waals surface area contributed by atoms with Gasteiger partial charge in [0.2, 0.25) is 0 Å². The summed E-state index contributed by atoms with van der Waals surface area (Å²) in [6, 6.07) is -0.587. The second-order valence-corrected chi connectivity index (χ2v) is 10.5. The minimum absolute atomic E-state index is 0.280. The van der Waals surface area contributed by atoms with Crippen molar-refractivity contribution in [3.05, 3.63) is 0 Å². The quantitative estimate of drug-likeness (QED) is 0.114. The first kappa shape index (κ1) is 32.7. The number of unbranched alkanes of at least 4 members (excludes halogenated alkanes) is 11. The summed E-state index contributed by atoms with van der Waals surface area (Å²) >= 11 is 0. The Bertz CT molecular complexity index is 495. The van der Waals surface area contributed by atoms with Gasteiger partial charge in [0, 0.05) is 7.05 Å². The van der Waals surface area contributed by atoms with Gasteiger partial charge in [-0.2, -0.15) is 0 Å². The number of carbonyl (C=O) groups is 2. The van der Waals surface area contributed by atoms with Gasteiger partial charge in [0.25, 0.3) is 0 Å². The summed E-state index contributed by atoms with van der Waals surface area (Å²) in [5.41, 5.74) is 0. The highest BCUT2D eigenvalue weighted by molar-refractivity contribution is 5.81. The van der Waals surface area contributed by atoms with Crippen molar-refractivity contribution in [2.24, 2.45) is 11.8 Å². The molecule has 0 fully saturated rings. The predicted octanol–water partition coefficient (Wildman–Crippen LogP) is 8.54. The van der Waals surface area contributed by atoms with Gasteiger partial charge in [-0.25, -0.2) is 9.59 Å². The van der Waals surface area contributed by atoms with Crippen LogP contribution in [0.15, 0.2) is 0 Å². The summed E-state index contributed by atoms with van der Waals surface area (Å²) in [7, 11) is 1.66. The monoisotopic (exact) mass is 483 g/mol. The molecule has 34 heavy (non-hydrogen) atoms. The number of rotatable bonds is 22. The van der Waals surface area contributed by atoms with E-state index in [-0.39, 0.29) is 11.9 Å². The van der Waals surface area contributed by atoms with E-state index in [0.29, 0.717) is 25.6 Å². The zero-order valence-electron chi connectivity index (χ0n) is 23.5. The third kappa shape index (κ3) is 17.2. The van der Waals surface area contributed by atoms with Crippen molar-refractivity contribution < 1.29 is 19.1 Å². The number of ether oxygens (including phenoxy) is 2. The third-order valence-corrected chi connectivity index (χ3v) is 6.70. The first-order valence-corrected chi connectivity index (χ1v) is 14.4. The number of hydrogen-bond acceptors (Lipinski definition) is 4. The van der Waals surface area contributed by atoms with Crippen molar-refractivity contribution in [2.75, 3.05) is 20.3 Å². The van der Waals surface area contributed by atoms with Gasteiger partial charge in [0.1, 0.15) is 6.04 Å². The lowest BCUT2D eigenvalue weighted by Crippen LogP contribution is -2.44. The molecule has 0 N–H and O–H groups in total. The number of nitrogens with zero attached hydrogens (tertiary/aromatic N) is 1. The maximum absolute atomic E-state index is 12.8. The van der Waals surface area contributed by atoms with Crippen LogP contribution in [0.5, 0.6) is 0 Å². The molecule has 0 bridgehead atoms. The van der Waals surface area contributed by atoms with E-state index >= 15 is 0 Å². The summed E-state index contributed by atoms with van der Waals surface area (Å²) in [6.45, 7) is 11.5. The SMILES string of the molecule is CCCCCCCCCCCCCOC(=O)C(CC(C)C)N(C)C(=O)OCC(CC)CCCC. The second kappa shape index (κ2) is 22.2. The molecule has 0 saturated heterocycles. The molecule has 0 aliphatic rings. The molecule has 0 aliphatic heterocycles. The highest BCUT2D eigenvalue weighted by Gasteiger charge is 2.30. The van der Waals surface area contributed by atoms with Crippen LogP contribution in [0.3, 0.4) is 0 Å². The van der Waals surface area contributed by atoms with E-state index in [1.165, 1.54) is 62.7 Å². The van der Waals surface area contributed by atoms with Crippen molar-refractivity contribution in [3.63, 3.8) is 0 Å². The fraction of sp³-hybridized carbons (Fsp3) is 0.931. The van der Waals surface area contributed by atoms with Gasteiger partial charge in [0.15, 0.2) is 0 Å². The summed E-state index contributed by atoms with van der Waals surface area (Å²) in [5, 5.41) is 0. The van der Waals surface area contributed by atoms with Gasteiger partial charge < -0.3 is 9.47 Å². The van der Waals surface area contributed by atoms with Crippen LogP contribution in [-0.4, -0.2) is 43.3 Å². The Labute approximate surface area is 211 Å². The maximum atomic E-state index is 12.8. The molecule has 2 atom stereocenters. The topological polar surface area (TPSA) is 55.8 Å². The highest BCUT2D eigenvalue weighted by Crippen LogP contribution is 2.17. The van der Waals surface area contributed by atoms with Crippen LogP contribution in [0.1, 0.15) is 137 Å². The maximum Gasteiger partial charge on any atom is 0.410 e. The van der Waals surface area contributed by atoms with E-state index in [1.54, 1.807) is 7.05 Å². The van der Waals surface area contributed by atoms with E-state index in [2.05, 4.69) is 34.6 Å². The van der Waals surface area contributed by atoms with Crippen LogP contribution >= 0.6 is 0 Å². The highest BCUT2D eigenvalue weighted by atomic mass is 16.6. The Morgan fingerprint density at radius 1 is 0.735 bits per heavy atom. The fourth-order valence-electron chi connectivity index (χ4n) is 4.21. The molecule has 0 aliphatic carbocycles. The zero-order valence-corrected chi connectivity index (χ0v) is 23.5. The van der Waals surface area contributed by atoms with Gasteiger partial charge in [0.05, 0.1) is 13.2 Å². The van der Waals surface area contributed by atoms with E-state index in [1.807, 2.05) is 0 Å². The molecule has 202 valence electrons. The number of esters is 1. The number of amides is 1. The minimum atomic E-state index is -0.587. The van der Waals surface area contributed by atoms with E-state index in [0.717, 1.165) is 38.5 Å². The van der Waals surface area contributed by atoms with Crippen molar-refractivity contribution in [1.82, 2.24) is 4.90 Å². The zero-order chi connectivity index (χ0) is 25.6. The van der Waals surface area contributed by atoms with Crippen molar-refractivity contribution in [2.45, 2.75) is 143 Å². The average molecular weight is 484 g/mol. The van der Waals surface area contributed by atoms with E-state index in [9.17, 15) is 9.59 Å². The molecule has 5 nitrogen and oxygen atoms in total. The predicted molar refractivity (Wildman–Crippen MR) is 143 cm³/mol. The van der Waals surface area contributed by atoms with Crippen molar-refractivity contribution >= 4 is 12.1 Å². The van der Waals surface area contributed by atoms with E-state index < -0.39 is 12.1 Å². The Hall–Kier alpha value is -1.26. The Morgan fingerprint density at radius 2 is 1.26 bits per heavy atom. The number of likely N-dealkylation sites (N-methyl/N-ethyl adjacent to an activating group) is 1. The van der Waals surface area contributed by atoms with Crippen LogP contribution in [0, 0.1) is 11.8 Å². The van der Waals surface area contributed by atoms with Gasteiger partial charge in [-0.15, -0.1) is 0 Å². The molecule has 0 aromatic heterocycles. The molecule has 0 heterocycles. The summed E-state index contributed by atoms with van der Waals surface area (Å²) in [6.07, 6.45) is 18.4. The molecule has 5 heteroatoms. The standard InChI is InChI=1S/C29H57NO4/c1-7-10-12-13-14-15-16-17-18-19-20-22-33-28(31)27(23-25(4)5)30(6)29(32)34-24-26(9-3)21-11-8-2/h25-27H,7-24H2,1-6H3. The normalized spacial score (nSPS) is 13.0. The lowest BCUT2D eigenvalue weighted by molar-refractivity contribution is -0.149. The summed E-state index contributed by atoms with van der Waals surface area (Å²) in [4.78, 5) is 26.8. The minimum Gasteiger partial charge on any atom is -0.464 e. The lowest BCUT2D eigenvalue weighted by atomic mass is 10.0. The third-order valence-electron chi connectivity index (χ3n) is 6.70. The molecule has 1 amide bonds. The van der Waals surface area contributed by atoms with E-state index in [4.69, 9.17) is 9.47 Å². The van der Waals surface area contributed by atoms with Crippen LogP contribution in [0.4, 0.5) is 4.79 Å². The summed E-state index contributed by atoms with van der Waals surface area (Å²) in [5.74, 6) is 0.356.